The molecule has 0 spiro atoms. The standard InChI is InChI=1S/C13H31NO7P2.C11H26N2O8P2.C11H19N2O4.C8H19BrN.C7H15NO2.C6H15N.2C4H13NO7P2.C4H5NO3.CH2O3.2BrH.3ClH.2K.H/c1-14(2,3)12-10-8-6-4-5-7-9-11-13(15,22(16,17)18)23(19,20)21;1-13(2,3)9-4-6-10(14)12-8-5-7-11(15,22(16,17)18)23(19,20)21;1-13(2,3)8-4-5-11(16)17-12-9(14)6-7-10(12)15;1-10(2,3)8-6-4-5-7-9;1-8(2,3)6-4-5-7(9)10;1-4-7(5-2)6-3;2*5-3-1-2-4(6,13(7,8)9)14(10,11)12;6-3-1-2-4(7)5(3)8;2-1-4-3;;;;;;;;/h15H,4-12H2,1-3H3,(H3-,16,17,18,19,20,21);15H,4-9H2,1-3H3,(H4-,12,14,16,17,18,19,20,21);4-8H2,1-3H3;4-8H2,1-3H3;4-6H2,1-3H3;4-6H2,1-3H3;2*6H,1-3,5H2,(H2,7,8,9)(H2,10,11,12);8H,1-2H2;1,3H;5*1H;;;/q;;2*+1;;;;;;;;;;;;2*+1;-1/p-3. The number of nitrogens with zero attached hydrogens (tertiary/aromatic N) is 8. The number of rotatable bonds is 50. The molecule has 0 saturated carbocycles. The first-order valence-corrected chi connectivity index (χ1v) is 55.1. The second-order valence-electron chi connectivity index (χ2n) is 34.9. The summed E-state index contributed by atoms with van der Waals surface area (Å²) in [5.41, 5.74) is 10.0. The molecule has 27 N–H and O–H groups in total. The van der Waals surface area contributed by atoms with Gasteiger partial charge in [-0.2, -0.15) is 5.06 Å². The number of imide groups is 2. The number of nitrogens with two attached hydrogens (primary N) is 2. The molecule has 0 aromatic carbocycles. The van der Waals surface area contributed by atoms with E-state index in [9.17, 15) is 90.5 Å². The van der Waals surface area contributed by atoms with Gasteiger partial charge in [-0.05, 0) is 96.9 Å². The van der Waals surface area contributed by atoms with Gasteiger partial charge >= 0.3 is 175 Å². The second kappa shape index (κ2) is 83.0. The maximum absolute atomic E-state index is 11.6. The fourth-order valence-electron chi connectivity index (χ4n) is 10.0. The van der Waals surface area contributed by atoms with Gasteiger partial charge in [0, 0.05) is 82.5 Å². The Labute approximate surface area is 940 Å². The quantitative estimate of drug-likeness (QED) is 0.00257. The van der Waals surface area contributed by atoms with E-state index in [-0.39, 0.29) is 283 Å². The Morgan fingerprint density at radius 3 is 0.869 bits per heavy atom. The van der Waals surface area contributed by atoms with Crippen molar-refractivity contribution in [1.82, 2.24) is 20.3 Å². The van der Waals surface area contributed by atoms with Crippen LogP contribution in [0.4, 0.5) is 0 Å². The summed E-state index contributed by atoms with van der Waals surface area (Å²) in [6.45, 7) is 14.8. The Kier molecular flexibility index (Phi) is 105. The summed E-state index contributed by atoms with van der Waals surface area (Å²) in [6.07, 6.45) is 9.92. The van der Waals surface area contributed by atoms with Crippen LogP contribution < -0.4 is 196 Å². The van der Waals surface area contributed by atoms with E-state index in [4.69, 9.17) is 115 Å². The Morgan fingerprint density at radius 2 is 0.650 bits per heavy atom. The van der Waals surface area contributed by atoms with Gasteiger partial charge in [-0.25, -0.2) is 4.79 Å². The van der Waals surface area contributed by atoms with Gasteiger partial charge in [-0.15, -0.1) is 5.06 Å². The van der Waals surface area contributed by atoms with Crippen LogP contribution in [0.15, 0.2) is 0 Å². The molecule has 2 saturated heterocycles. The van der Waals surface area contributed by atoms with Crippen LogP contribution in [0, 0.1) is 0 Å². The first-order chi connectivity index (χ1) is 58.2. The second-order valence-corrected chi connectivity index (χ2v) is 51.7. The van der Waals surface area contributed by atoms with Crippen LogP contribution >= 0.6 is 76.7 Å². The van der Waals surface area contributed by atoms with Crippen molar-refractivity contribution >= 4 is 125 Å². The molecular weight excluding hydrogens is 2310 g/mol. The summed E-state index contributed by atoms with van der Waals surface area (Å²) in [5.74, 6) is -3.38. The summed E-state index contributed by atoms with van der Waals surface area (Å²) in [4.78, 5) is 235. The van der Waals surface area contributed by atoms with Crippen molar-refractivity contribution in [2.45, 2.75) is 214 Å². The number of carboxylic acids is 1. The van der Waals surface area contributed by atoms with Crippen LogP contribution in [0.5, 0.6) is 0 Å². The molecule has 0 aromatic heterocycles. The predicted molar refractivity (Wildman–Crippen MR) is 481 cm³/mol. The van der Waals surface area contributed by atoms with Crippen molar-refractivity contribution < 1.29 is 397 Å². The van der Waals surface area contributed by atoms with Crippen molar-refractivity contribution in [1.29, 1.82) is 0 Å². The van der Waals surface area contributed by atoms with Crippen LogP contribution in [-0.4, -0.2) is 398 Å². The summed E-state index contributed by atoms with van der Waals surface area (Å²) < 4.78 is 91.8. The fraction of sp³-hybridized carbons (Fsp3) is 0.884. The number of amides is 5. The van der Waals surface area contributed by atoms with Gasteiger partial charge in [-0.3, -0.25) is 75.3 Å². The summed E-state index contributed by atoms with van der Waals surface area (Å²) in [6, 6.07) is 0. The van der Waals surface area contributed by atoms with Crippen molar-refractivity contribution in [3.63, 3.8) is 0 Å². The van der Waals surface area contributed by atoms with E-state index >= 15 is 0 Å². The van der Waals surface area contributed by atoms with E-state index in [0.29, 0.717) is 28.8 Å². The first-order valence-electron chi connectivity index (χ1n) is 41.1. The van der Waals surface area contributed by atoms with Crippen molar-refractivity contribution in [3.05, 3.63) is 0 Å². The number of halogens is 6. The summed E-state index contributed by atoms with van der Waals surface area (Å²) in [5, 5.41) is 54.0. The number of carbonyl (C=O) groups is 8. The third-order valence-corrected chi connectivity index (χ3v) is 33.8. The van der Waals surface area contributed by atoms with Crippen LogP contribution in [0.25, 0.3) is 0 Å². The third kappa shape index (κ3) is 87.6. The van der Waals surface area contributed by atoms with Crippen molar-refractivity contribution in [2.24, 2.45) is 11.5 Å². The topological polar surface area (TPSA) is 833 Å². The van der Waals surface area contributed by atoms with Gasteiger partial charge in [-0.1, -0.05) is 62.4 Å². The summed E-state index contributed by atoms with van der Waals surface area (Å²) in [7, 11) is -11.3. The number of carbonyl (C=O) groups excluding carboxylic acids is 7. The Bertz CT molecular complexity index is 3510. The van der Waals surface area contributed by atoms with E-state index < -0.39 is 142 Å². The number of hydrogen-bond donors (Lipinski definition) is 25. The van der Waals surface area contributed by atoms with Gasteiger partial charge in [0.15, 0.2) is 0 Å². The number of unbranched alkanes of at least 4 members (excludes halogenated alkanes) is 8. The average Bonchev–Trinajstić information content (AvgIpc) is 1.04. The van der Waals surface area contributed by atoms with Crippen LogP contribution in [0.3, 0.4) is 0 Å². The minimum atomic E-state index is -5.43. The summed E-state index contributed by atoms with van der Waals surface area (Å²) >= 11 is 3.42. The van der Waals surface area contributed by atoms with Gasteiger partial charge in [0.25, 0.3) is 50.4 Å². The zero-order valence-corrected chi connectivity index (χ0v) is 103. The molecule has 0 atom stereocenters. The third-order valence-electron chi connectivity index (χ3n) is 17.7. The number of alkyl halides is 1. The smallest absolute Gasteiger partial charge is 1.00 e. The number of nitrogens with one attached hydrogen (secondary N) is 1. The number of quaternary nitrogens is 5. The zero-order chi connectivity index (χ0) is 105. The van der Waals surface area contributed by atoms with E-state index in [1.807, 2.05) is 42.3 Å². The first kappa shape index (κ1) is 173. The van der Waals surface area contributed by atoms with Crippen LogP contribution in [0.1, 0.15) is 196 Å². The molecule has 2 aliphatic heterocycles. The SMILES string of the molecule is CCN(CC)CC.C[N+](C)(C)CCCC(=O)NCCCC(O)(P(=O)(O)O)P(=O)(O)O.C[N+](C)(C)CCCC(=O)O.C[N+](C)(C)CCCC(=O)ON1C(=O)CCC1=O.C[N+](C)(C)CCCCCBr.C[N+](C)(C)CCCCCCCCCC(O)(P(=O)(O)O)P(=O)(O)O.NCCCC(O)(P(=O)(O)O)P(=O)(O)O.NCCCC(O)(P(=O)(O)O)P(=O)(O)O.O=C1CCC(=O)N1O.O=CO[O-].[Br-].[Br-].[Cl-].[Cl-].[Cl-].[H-].[K+].[K+]. The van der Waals surface area contributed by atoms with Gasteiger partial charge in [0.2, 0.25) is 5.91 Å². The molecule has 5 amide bonds. The van der Waals surface area contributed by atoms with Gasteiger partial charge in [0.1, 0.15) is 0 Å². The van der Waals surface area contributed by atoms with E-state index in [0.717, 1.165) is 88.0 Å². The molecule has 0 bridgehead atoms. The van der Waals surface area contributed by atoms with E-state index in [2.05, 4.69) is 115 Å². The molecule has 2 fully saturated rings. The number of aliphatic hydroxyl groups is 4. The van der Waals surface area contributed by atoms with Crippen molar-refractivity contribution in [3.8, 4) is 0 Å². The molecule has 68 heteroatoms. The normalized spacial score (nSPS) is 13.3. The minimum Gasteiger partial charge on any atom is -1.00 e. The number of carboxylic acid groups (broad SMARTS) is 1. The largest absolute Gasteiger partial charge is 1.00 e. The van der Waals surface area contributed by atoms with Gasteiger partial charge in [0.05, 0.1) is 151 Å². The Hall–Kier alpha value is 2.38. The average molecular weight is 2470 g/mol. The zero-order valence-electron chi connectivity index (χ0n) is 83.3. The molecule has 2 aliphatic rings. The maximum Gasteiger partial charge on any atom is 1.00 e. The van der Waals surface area contributed by atoms with Crippen LogP contribution in [-0.2, 0) is 84.6 Å². The van der Waals surface area contributed by atoms with E-state index in [1.54, 1.807) is 0 Å². The number of aliphatic carboxylic acids is 1. The number of hydrogen-bond acceptors (Lipinski definition) is 27. The van der Waals surface area contributed by atoms with E-state index in [1.165, 1.54) is 45.4 Å². The van der Waals surface area contributed by atoms with Crippen molar-refractivity contribution in [2.75, 3.05) is 183 Å². The Morgan fingerprint density at radius 1 is 0.423 bits per heavy atom. The molecule has 2 rings (SSSR count). The molecule has 0 aliphatic carbocycles. The predicted octanol–water partition coefficient (Wildman–Crippen LogP) is -20.0. The molecule has 0 radical (unpaired) electrons. The molecule has 52 nitrogen and oxygen atoms in total. The minimum absolute atomic E-state index is 0. The Balaban J connectivity index is -0.0000000874. The molecular formula is C69H161Br3Cl3K2N11O41P8. The molecule has 0 unspecified atom stereocenters. The molecule has 822 valence electrons. The molecule has 2 heterocycles. The molecule has 0 aromatic rings. The fourth-order valence-corrected chi connectivity index (χ4v) is 19.4. The molecule has 137 heavy (non-hydrogen) atoms. The van der Waals surface area contributed by atoms with Crippen LogP contribution in [0.2, 0.25) is 0 Å². The monoisotopic (exact) mass is 2470 g/mol. The number of hydroxylamine groups is 4. The van der Waals surface area contributed by atoms with Gasteiger partial charge < -0.3 is 236 Å². The maximum atomic E-state index is 11.6.